The lowest BCUT2D eigenvalue weighted by Crippen LogP contribution is -2.19. The van der Waals surface area contributed by atoms with Crippen LogP contribution in [0.15, 0.2) is 30.8 Å². The van der Waals surface area contributed by atoms with Gasteiger partial charge in [0.25, 0.3) is 0 Å². The maximum atomic E-state index is 4.70. The number of allylic oxidation sites excluding steroid dienone is 1. The Labute approximate surface area is 136 Å². The second-order valence-corrected chi connectivity index (χ2v) is 6.83. The summed E-state index contributed by atoms with van der Waals surface area (Å²) in [5.74, 6) is 0.423. The van der Waals surface area contributed by atoms with E-state index in [0.717, 1.165) is 11.2 Å². The van der Waals surface area contributed by atoms with Gasteiger partial charge in [0.15, 0.2) is 0 Å². The number of fused-ring (bicyclic) bond motifs is 1. The maximum Gasteiger partial charge on any atom is 0.0711 e. The standard InChI is InChI=1S/C19H25N.C2H6/c1-12(14(3)19(5,6)7)18-13(2)15(4)20-17-11-9-8-10-16(17)18;1-2/h8-11,14H,1H2,2-7H3;1-2H3. The van der Waals surface area contributed by atoms with Crippen LogP contribution in [0.4, 0.5) is 0 Å². The summed E-state index contributed by atoms with van der Waals surface area (Å²) in [4.78, 5) is 4.70. The number of pyridine rings is 1. The number of aromatic nitrogens is 1. The molecule has 0 radical (unpaired) electrons. The van der Waals surface area contributed by atoms with E-state index in [0.29, 0.717) is 5.92 Å². The van der Waals surface area contributed by atoms with Crippen molar-refractivity contribution >= 4 is 16.5 Å². The molecule has 1 heterocycles. The summed E-state index contributed by atoms with van der Waals surface area (Å²) in [7, 11) is 0. The normalized spacial score (nSPS) is 12.5. The number of hydrogen-bond acceptors (Lipinski definition) is 1. The molecular formula is C21H31N. The van der Waals surface area contributed by atoms with Gasteiger partial charge >= 0.3 is 0 Å². The van der Waals surface area contributed by atoms with Crippen LogP contribution in [0, 0.1) is 25.2 Å². The van der Waals surface area contributed by atoms with Crippen molar-refractivity contribution in [1.29, 1.82) is 0 Å². The molecule has 1 unspecified atom stereocenters. The third-order valence-electron chi connectivity index (χ3n) is 4.52. The van der Waals surface area contributed by atoms with Crippen molar-refractivity contribution in [3.05, 3.63) is 47.7 Å². The Morgan fingerprint density at radius 1 is 1.09 bits per heavy atom. The topological polar surface area (TPSA) is 12.9 Å². The Hall–Kier alpha value is -1.63. The van der Waals surface area contributed by atoms with Crippen LogP contribution in [0.1, 0.15) is 58.4 Å². The first-order valence-electron chi connectivity index (χ1n) is 8.28. The molecule has 1 nitrogen and oxygen atoms in total. The summed E-state index contributed by atoms with van der Waals surface area (Å²) in [6, 6.07) is 8.37. The zero-order valence-electron chi connectivity index (χ0n) is 15.5. The second kappa shape index (κ2) is 7.09. The van der Waals surface area contributed by atoms with Gasteiger partial charge in [-0.05, 0) is 47.9 Å². The van der Waals surface area contributed by atoms with Crippen LogP contribution >= 0.6 is 0 Å². The number of nitrogens with zero attached hydrogens (tertiary/aromatic N) is 1. The van der Waals surface area contributed by atoms with Crippen LogP contribution in [-0.2, 0) is 0 Å². The zero-order chi connectivity index (χ0) is 17.1. The molecule has 0 N–H and O–H groups in total. The van der Waals surface area contributed by atoms with Crippen LogP contribution in [0.2, 0.25) is 0 Å². The SMILES string of the molecule is C=C(c1c(C)c(C)nc2ccccc12)C(C)C(C)(C)C.CC. The van der Waals surface area contributed by atoms with Crippen LogP contribution in [0.25, 0.3) is 16.5 Å². The van der Waals surface area contributed by atoms with E-state index in [1.165, 1.54) is 22.1 Å². The minimum atomic E-state index is 0.210. The van der Waals surface area contributed by atoms with Crippen molar-refractivity contribution in [2.75, 3.05) is 0 Å². The van der Waals surface area contributed by atoms with Crippen LogP contribution < -0.4 is 0 Å². The van der Waals surface area contributed by atoms with Crippen LogP contribution in [0.5, 0.6) is 0 Å². The predicted octanol–water partition coefficient (Wildman–Crippen LogP) is 6.57. The average molecular weight is 297 g/mol. The van der Waals surface area contributed by atoms with Crippen molar-refractivity contribution in [3.63, 3.8) is 0 Å². The molecule has 0 bridgehead atoms. The number of para-hydroxylation sites is 1. The molecular weight excluding hydrogens is 266 g/mol. The average Bonchev–Trinajstić information content (AvgIpc) is 2.48. The molecule has 0 amide bonds. The Kier molecular flexibility index (Phi) is 5.93. The molecule has 1 aromatic heterocycles. The van der Waals surface area contributed by atoms with E-state index in [-0.39, 0.29) is 5.41 Å². The molecule has 2 rings (SSSR count). The predicted molar refractivity (Wildman–Crippen MR) is 100 cm³/mol. The van der Waals surface area contributed by atoms with E-state index in [9.17, 15) is 0 Å². The fourth-order valence-corrected chi connectivity index (χ4v) is 2.58. The quantitative estimate of drug-likeness (QED) is 0.610. The molecule has 0 aliphatic carbocycles. The number of benzene rings is 1. The summed E-state index contributed by atoms with van der Waals surface area (Å²) < 4.78 is 0. The van der Waals surface area contributed by atoms with Gasteiger partial charge in [-0.2, -0.15) is 0 Å². The second-order valence-electron chi connectivity index (χ2n) is 6.83. The van der Waals surface area contributed by atoms with E-state index in [1.807, 2.05) is 19.9 Å². The van der Waals surface area contributed by atoms with Crippen molar-refractivity contribution < 1.29 is 0 Å². The van der Waals surface area contributed by atoms with E-state index in [2.05, 4.69) is 66.3 Å². The van der Waals surface area contributed by atoms with E-state index in [4.69, 9.17) is 4.98 Å². The highest BCUT2D eigenvalue weighted by Gasteiger charge is 2.25. The molecule has 120 valence electrons. The molecule has 0 spiro atoms. The van der Waals surface area contributed by atoms with Gasteiger partial charge in [0.05, 0.1) is 5.52 Å². The summed E-state index contributed by atoms with van der Waals surface area (Å²) >= 11 is 0. The van der Waals surface area contributed by atoms with E-state index in [1.54, 1.807) is 0 Å². The first-order chi connectivity index (χ1) is 10.2. The summed E-state index contributed by atoms with van der Waals surface area (Å²) in [5.41, 5.74) is 6.13. The fourth-order valence-electron chi connectivity index (χ4n) is 2.58. The van der Waals surface area contributed by atoms with Gasteiger partial charge in [-0.15, -0.1) is 0 Å². The Morgan fingerprint density at radius 3 is 2.18 bits per heavy atom. The number of hydrogen-bond donors (Lipinski definition) is 0. The van der Waals surface area contributed by atoms with Gasteiger partial charge in [-0.1, -0.05) is 66.3 Å². The summed E-state index contributed by atoms with van der Waals surface area (Å²) in [6.45, 7) is 21.7. The van der Waals surface area contributed by atoms with Crippen molar-refractivity contribution in [2.45, 2.75) is 55.4 Å². The molecule has 0 fully saturated rings. The fraction of sp³-hybridized carbons (Fsp3) is 0.476. The smallest absolute Gasteiger partial charge is 0.0711 e. The zero-order valence-corrected chi connectivity index (χ0v) is 15.5. The van der Waals surface area contributed by atoms with E-state index >= 15 is 0 Å². The van der Waals surface area contributed by atoms with Gasteiger partial charge in [-0.25, -0.2) is 0 Å². The van der Waals surface area contributed by atoms with Gasteiger partial charge in [0.2, 0.25) is 0 Å². The monoisotopic (exact) mass is 297 g/mol. The molecule has 2 aromatic rings. The van der Waals surface area contributed by atoms with Crippen molar-refractivity contribution in [3.8, 4) is 0 Å². The van der Waals surface area contributed by atoms with Gasteiger partial charge in [-0.3, -0.25) is 4.98 Å². The van der Waals surface area contributed by atoms with Crippen molar-refractivity contribution in [2.24, 2.45) is 11.3 Å². The van der Waals surface area contributed by atoms with Crippen LogP contribution in [0.3, 0.4) is 0 Å². The number of rotatable bonds is 2. The Balaban J connectivity index is 0.00000116. The molecule has 1 heteroatoms. The molecule has 1 atom stereocenters. The first kappa shape index (κ1) is 18.4. The molecule has 0 aliphatic rings. The Morgan fingerprint density at radius 2 is 1.64 bits per heavy atom. The van der Waals surface area contributed by atoms with Crippen LogP contribution in [-0.4, -0.2) is 4.98 Å². The highest BCUT2D eigenvalue weighted by atomic mass is 14.7. The number of aryl methyl sites for hydroxylation is 1. The van der Waals surface area contributed by atoms with E-state index < -0.39 is 0 Å². The van der Waals surface area contributed by atoms with Crippen molar-refractivity contribution in [1.82, 2.24) is 4.98 Å². The largest absolute Gasteiger partial charge is 0.253 e. The molecule has 22 heavy (non-hydrogen) atoms. The molecule has 1 aromatic carbocycles. The molecule has 0 saturated heterocycles. The summed E-state index contributed by atoms with van der Waals surface area (Å²) in [5, 5.41) is 1.22. The summed E-state index contributed by atoms with van der Waals surface area (Å²) in [6.07, 6.45) is 0. The lowest BCUT2D eigenvalue weighted by Gasteiger charge is -2.30. The van der Waals surface area contributed by atoms with Gasteiger partial charge < -0.3 is 0 Å². The lowest BCUT2D eigenvalue weighted by molar-refractivity contribution is 0.324. The molecule has 0 aliphatic heterocycles. The minimum absolute atomic E-state index is 0.210. The molecule has 0 saturated carbocycles. The minimum Gasteiger partial charge on any atom is -0.253 e. The van der Waals surface area contributed by atoms with Gasteiger partial charge in [0.1, 0.15) is 0 Å². The maximum absolute atomic E-state index is 4.70. The Bertz CT molecular complexity index is 659. The lowest BCUT2D eigenvalue weighted by atomic mass is 9.74. The van der Waals surface area contributed by atoms with Gasteiger partial charge in [0, 0.05) is 11.1 Å². The highest BCUT2D eigenvalue weighted by molar-refractivity contribution is 5.93. The third kappa shape index (κ3) is 3.58. The third-order valence-corrected chi connectivity index (χ3v) is 4.52. The first-order valence-corrected chi connectivity index (χ1v) is 8.28. The highest BCUT2D eigenvalue weighted by Crippen LogP contribution is 2.39.